The monoisotopic (exact) mass is 327 g/mol. The van der Waals surface area contributed by atoms with Gasteiger partial charge in [-0.3, -0.25) is 4.79 Å². The lowest BCUT2D eigenvalue weighted by Crippen LogP contribution is -2.15. The Balaban J connectivity index is 1.89. The van der Waals surface area contributed by atoms with Gasteiger partial charge in [-0.05, 0) is 43.3 Å². The van der Waals surface area contributed by atoms with E-state index in [9.17, 15) is 4.79 Å². The van der Waals surface area contributed by atoms with E-state index in [4.69, 9.17) is 32.7 Å². The molecule has 2 aromatic rings. The van der Waals surface area contributed by atoms with Crippen molar-refractivity contribution in [1.29, 1.82) is 0 Å². The van der Waals surface area contributed by atoms with Crippen LogP contribution in [0.15, 0.2) is 34.7 Å². The molecule has 0 radical (unpaired) electrons. The van der Waals surface area contributed by atoms with Gasteiger partial charge in [-0.2, -0.15) is 0 Å². The number of carboxylic acid groups (broad SMARTS) is 1. The van der Waals surface area contributed by atoms with Crippen molar-refractivity contribution in [3.8, 4) is 11.3 Å². The Morgan fingerprint density at radius 3 is 2.71 bits per heavy atom. The number of hydrogen-bond donors (Lipinski definition) is 2. The number of rotatable bonds is 7. The van der Waals surface area contributed by atoms with E-state index in [0.717, 1.165) is 17.1 Å². The third kappa shape index (κ3) is 4.77. The lowest BCUT2D eigenvalue weighted by atomic mass is 10.2. The average Bonchev–Trinajstić information content (AvgIpc) is 2.90. The van der Waals surface area contributed by atoms with Crippen molar-refractivity contribution < 1.29 is 14.3 Å². The predicted molar refractivity (Wildman–Crippen MR) is 82.7 cm³/mol. The minimum Gasteiger partial charge on any atom is -0.481 e. The van der Waals surface area contributed by atoms with Crippen LogP contribution in [-0.4, -0.2) is 17.6 Å². The Bertz CT molecular complexity index is 625. The highest BCUT2D eigenvalue weighted by atomic mass is 35.5. The van der Waals surface area contributed by atoms with Gasteiger partial charge in [-0.1, -0.05) is 23.2 Å². The summed E-state index contributed by atoms with van der Waals surface area (Å²) in [5.41, 5.74) is 0.863. The molecule has 0 saturated carbocycles. The highest BCUT2D eigenvalue weighted by molar-refractivity contribution is 6.42. The first-order valence-electron chi connectivity index (χ1n) is 6.53. The fraction of sp³-hybridized carbons (Fsp3) is 0.267. The molecule has 0 atom stereocenters. The molecule has 0 spiro atoms. The maximum atomic E-state index is 10.4. The highest BCUT2D eigenvalue weighted by Gasteiger charge is 2.07. The van der Waals surface area contributed by atoms with Gasteiger partial charge >= 0.3 is 5.97 Å². The fourth-order valence-corrected chi connectivity index (χ4v) is 2.15. The normalized spacial score (nSPS) is 10.8. The lowest BCUT2D eigenvalue weighted by Gasteiger charge is -2.02. The van der Waals surface area contributed by atoms with Crippen LogP contribution in [0.4, 0.5) is 0 Å². The van der Waals surface area contributed by atoms with E-state index in [2.05, 4.69) is 5.32 Å². The van der Waals surface area contributed by atoms with Crippen molar-refractivity contribution in [3.05, 3.63) is 46.1 Å². The third-order valence-electron chi connectivity index (χ3n) is 2.91. The largest absolute Gasteiger partial charge is 0.481 e. The smallest absolute Gasteiger partial charge is 0.303 e. The standard InChI is InChI=1S/C15H15Cl2NO3/c16-12-5-3-10(8-13(12)17)14-6-4-11(21-14)9-18-7-1-2-15(19)20/h3-6,8,18H,1-2,7,9H2,(H,19,20). The van der Waals surface area contributed by atoms with Gasteiger partial charge in [0.15, 0.2) is 0 Å². The molecule has 0 fully saturated rings. The molecule has 1 aromatic carbocycles. The van der Waals surface area contributed by atoms with Crippen LogP contribution >= 0.6 is 23.2 Å². The van der Waals surface area contributed by atoms with Crippen molar-refractivity contribution in [1.82, 2.24) is 5.32 Å². The maximum absolute atomic E-state index is 10.4. The molecule has 4 nitrogen and oxygen atoms in total. The molecule has 21 heavy (non-hydrogen) atoms. The van der Waals surface area contributed by atoms with E-state index in [0.29, 0.717) is 29.6 Å². The Kier molecular flexibility index (Phi) is 5.67. The molecule has 0 aliphatic rings. The summed E-state index contributed by atoms with van der Waals surface area (Å²) in [7, 11) is 0. The van der Waals surface area contributed by atoms with Crippen molar-refractivity contribution in [3.63, 3.8) is 0 Å². The second kappa shape index (κ2) is 7.50. The molecule has 2 rings (SSSR count). The minimum atomic E-state index is -0.781. The van der Waals surface area contributed by atoms with Gasteiger partial charge in [-0.15, -0.1) is 0 Å². The SMILES string of the molecule is O=C(O)CCCNCc1ccc(-c2ccc(Cl)c(Cl)c2)o1. The molecule has 0 amide bonds. The number of hydrogen-bond acceptors (Lipinski definition) is 3. The molecule has 0 saturated heterocycles. The van der Waals surface area contributed by atoms with Crippen LogP contribution in [0.1, 0.15) is 18.6 Å². The minimum absolute atomic E-state index is 0.166. The summed E-state index contributed by atoms with van der Waals surface area (Å²) < 4.78 is 5.71. The molecule has 2 N–H and O–H groups in total. The summed E-state index contributed by atoms with van der Waals surface area (Å²) >= 11 is 11.9. The molecule has 112 valence electrons. The summed E-state index contributed by atoms with van der Waals surface area (Å²) in [5.74, 6) is 0.721. The molecule has 6 heteroatoms. The lowest BCUT2D eigenvalue weighted by molar-refractivity contribution is -0.137. The number of benzene rings is 1. The van der Waals surface area contributed by atoms with Gasteiger partial charge in [0.25, 0.3) is 0 Å². The van der Waals surface area contributed by atoms with E-state index in [1.807, 2.05) is 18.2 Å². The van der Waals surface area contributed by atoms with E-state index in [1.54, 1.807) is 12.1 Å². The molecular weight excluding hydrogens is 313 g/mol. The van der Waals surface area contributed by atoms with Crippen molar-refractivity contribution in [2.75, 3.05) is 6.54 Å². The topological polar surface area (TPSA) is 62.5 Å². The van der Waals surface area contributed by atoms with Gasteiger partial charge in [0.1, 0.15) is 11.5 Å². The number of carbonyl (C=O) groups is 1. The van der Waals surface area contributed by atoms with E-state index in [1.165, 1.54) is 0 Å². The fourth-order valence-electron chi connectivity index (χ4n) is 1.85. The van der Waals surface area contributed by atoms with Crippen molar-refractivity contribution in [2.45, 2.75) is 19.4 Å². The number of carboxylic acids is 1. The van der Waals surface area contributed by atoms with Gasteiger partial charge < -0.3 is 14.8 Å². The van der Waals surface area contributed by atoms with Crippen molar-refractivity contribution in [2.24, 2.45) is 0 Å². The van der Waals surface area contributed by atoms with Crippen LogP contribution < -0.4 is 5.32 Å². The van der Waals surface area contributed by atoms with Crippen LogP contribution in [0.2, 0.25) is 10.0 Å². The van der Waals surface area contributed by atoms with Crippen LogP contribution in [0, 0.1) is 0 Å². The summed E-state index contributed by atoms with van der Waals surface area (Å²) in [6.45, 7) is 1.19. The molecule has 1 aromatic heterocycles. The van der Waals surface area contributed by atoms with E-state index < -0.39 is 5.97 Å². The molecule has 0 unspecified atom stereocenters. The van der Waals surface area contributed by atoms with Crippen LogP contribution in [0.5, 0.6) is 0 Å². The summed E-state index contributed by atoms with van der Waals surface area (Å²) in [5, 5.41) is 12.7. The first kappa shape index (κ1) is 15.9. The third-order valence-corrected chi connectivity index (χ3v) is 3.65. The Morgan fingerprint density at radius 2 is 2.00 bits per heavy atom. The molecule has 1 heterocycles. The van der Waals surface area contributed by atoms with E-state index in [-0.39, 0.29) is 6.42 Å². The number of furan rings is 1. The number of aliphatic carboxylic acids is 1. The second-order valence-corrected chi connectivity index (χ2v) is 5.38. The average molecular weight is 328 g/mol. The Labute approximate surface area is 132 Å². The summed E-state index contributed by atoms with van der Waals surface area (Å²) in [6.07, 6.45) is 0.759. The van der Waals surface area contributed by atoms with Gasteiger partial charge in [0.2, 0.25) is 0 Å². The first-order valence-corrected chi connectivity index (χ1v) is 7.28. The Morgan fingerprint density at radius 1 is 1.19 bits per heavy atom. The van der Waals surface area contributed by atoms with Gasteiger partial charge in [0, 0.05) is 12.0 Å². The maximum Gasteiger partial charge on any atom is 0.303 e. The first-order chi connectivity index (χ1) is 10.1. The zero-order valence-electron chi connectivity index (χ0n) is 11.2. The zero-order valence-corrected chi connectivity index (χ0v) is 12.7. The predicted octanol–water partition coefficient (Wildman–Crippen LogP) is 4.21. The van der Waals surface area contributed by atoms with Gasteiger partial charge in [-0.25, -0.2) is 0 Å². The highest BCUT2D eigenvalue weighted by Crippen LogP contribution is 2.29. The number of halogens is 2. The molecule has 0 bridgehead atoms. The molecule has 0 aliphatic carbocycles. The summed E-state index contributed by atoms with van der Waals surface area (Å²) in [6, 6.07) is 9.07. The van der Waals surface area contributed by atoms with Gasteiger partial charge in [0.05, 0.1) is 16.6 Å². The molecule has 0 aliphatic heterocycles. The zero-order chi connectivity index (χ0) is 15.2. The number of nitrogens with one attached hydrogen (secondary N) is 1. The molecular formula is C15H15Cl2NO3. The van der Waals surface area contributed by atoms with Crippen molar-refractivity contribution >= 4 is 29.2 Å². The van der Waals surface area contributed by atoms with E-state index >= 15 is 0 Å². The van der Waals surface area contributed by atoms with Crippen LogP contribution in [0.25, 0.3) is 11.3 Å². The summed E-state index contributed by atoms with van der Waals surface area (Å²) in [4.78, 5) is 10.4. The van der Waals surface area contributed by atoms with Crippen LogP contribution in [0.3, 0.4) is 0 Å². The Hall–Kier alpha value is -1.49. The second-order valence-electron chi connectivity index (χ2n) is 4.57. The quantitative estimate of drug-likeness (QED) is 0.748. The van der Waals surface area contributed by atoms with Crippen LogP contribution in [-0.2, 0) is 11.3 Å².